The van der Waals surface area contributed by atoms with Crippen molar-refractivity contribution in [1.29, 1.82) is 0 Å². The van der Waals surface area contributed by atoms with Crippen molar-refractivity contribution < 1.29 is 9.53 Å². The fourth-order valence-corrected chi connectivity index (χ4v) is 1.48. The second-order valence-electron chi connectivity index (χ2n) is 6.31. The predicted octanol–water partition coefficient (Wildman–Crippen LogP) is 2.52. The molecule has 5 heteroatoms. The molecule has 0 radical (unpaired) electrons. The van der Waals surface area contributed by atoms with Gasteiger partial charge in [0.05, 0.1) is 7.17 Å². The summed E-state index contributed by atoms with van der Waals surface area (Å²) in [7, 11) is 2.69. The van der Waals surface area contributed by atoms with E-state index in [1.165, 1.54) is 13.7 Å². The fourth-order valence-electron chi connectivity index (χ4n) is 1.48. The van der Waals surface area contributed by atoms with Crippen LogP contribution in [0.25, 0.3) is 0 Å². The van der Waals surface area contributed by atoms with Crippen molar-refractivity contribution in [3.05, 3.63) is 0 Å². The molecule has 0 N–H and O–H groups in total. The minimum Gasteiger partial charge on any atom is -0.468 e. The summed E-state index contributed by atoms with van der Waals surface area (Å²) in [5, 5.41) is 0.409. The molecule has 0 rings (SSSR count). The Morgan fingerprint density at radius 2 is 1.71 bits per heavy atom. The summed E-state index contributed by atoms with van der Waals surface area (Å²) in [4.78, 5) is 11.6. The van der Waals surface area contributed by atoms with E-state index in [9.17, 15) is 4.79 Å². The molecule has 0 fully saturated rings. The van der Waals surface area contributed by atoms with Crippen LogP contribution in [0.5, 0.6) is 0 Å². The molecule has 0 aromatic heterocycles. The lowest BCUT2D eigenvalue weighted by Gasteiger charge is -2.23. The lowest BCUT2D eigenvalue weighted by Crippen LogP contribution is -2.31. The van der Waals surface area contributed by atoms with Crippen molar-refractivity contribution in [1.82, 2.24) is 0 Å². The summed E-state index contributed by atoms with van der Waals surface area (Å²) in [6, 6.07) is 0. The Balaban J connectivity index is 3.73. The van der Waals surface area contributed by atoms with Gasteiger partial charge in [-0.1, -0.05) is 39.4 Å². The van der Waals surface area contributed by atoms with Gasteiger partial charge in [-0.15, -0.1) is 6.22 Å². The van der Waals surface area contributed by atoms with Crippen LogP contribution in [0.2, 0.25) is 11.5 Å². The van der Waals surface area contributed by atoms with E-state index in [0.717, 1.165) is 19.8 Å². The molecule has 0 saturated heterocycles. The molecule has 0 unspecified atom stereocenters. The lowest BCUT2D eigenvalue weighted by atomic mass is 9.29. The lowest BCUT2D eigenvalue weighted by molar-refractivity contribution is 0.0540. The summed E-state index contributed by atoms with van der Waals surface area (Å²) in [5.41, 5.74) is -0.306. The molecule has 0 aromatic carbocycles. The van der Waals surface area contributed by atoms with E-state index in [4.69, 9.17) is 4.74 Å². The first-order valence-electron chi connectivity index (χ1n) is 6.94. The van der Waals surface area contributed by atoms with Gasteiger partial charge in [0.25, 0.3) is 0 Å². The highest BCUT2D eigenvalue weighted by atomic mass is 16.5. The minimum absolute atomic E-state index is 0.0499. The molecule has 17 heavy (non-hydrogen) atoms. The van der Waals surface area contributed by atoms with Crippen LogP contribution >= 0.6 is 0 Å². The maximum absolute atomic E-state index is 11.6. The zero-order chi connectivity index (χ0) is 13.5. The SMILES string of the molecule is CCC(C)(C)BCBBC(=O)OC(C)(C)CC. The summed E-state index contributed by atoms with van der Waals surface area (Å²) in [6.45, 7) is 12.8. The molecule has 0 spiro atoms. The summed E-state index contributed by atoms with van der Waals surface area (Å²) in [6.07, 6.45) is 3.17. The van der Waals surface area contributed by atoms with Gasteiger partial charge in [0.1, 0.15) is 12.9 Å². The van der Waals surface area contributed by atoms with Crippen LogP contribution in [0.1, 0.15) is 54.4 Å². The maximum Gasteiger partial charge on any atom is 0.239 e. The smallest absolute Gasteiger partial charge is 0.239 e. The Kier molecular flexibility index (Phi) is 7.04. The highest BCUT2D eigenvalue weighted by Crippen LogP contribution is 2.27. The topological polar surface area (TPSA) is 26.3 Å². The molecule has 0 aliphatic rings. The molecule has 2 nitrogen and oxygen atoms in total. The fraction of sp³-hybridized carbons (Fsp3) is 0.917. The van der Waals surface area contributed by atoms with E-state index >= 15 is 0 Å². The van der Waals surface area contributed by atoms with Crippen LogP contribution in [0.3, 0.4) is 0 Å². The minimum atomic E-state index is -0.306. The maximum atomic E-state index is 11.6. The van der Waals surface area contributed by atoms with Crippen molar-refractivity contribution in [3.63, 3.8) is 0 Å². The van der Waals surface area contributed by atoms with Crippen LogP contribution in [0, 0.1) is 0 Å². The number of hydrogen-bond donors (Lipinski definition) is 0. The number of ether oxygens (including phenoxy) is 1. The molecule has 0 amide bonds. The predicted molar refractivity (Wildman–Crippen MR) is 81.4 cm³/mol. The zero-order valence-corrected chi connectivity index (χ0v) is 12.6. The monoisotopic (exact) mass is 236 g/mol. The van der Waals surface area contributed by atoms with E-state index < -0.39 is 0 Å². The summed E-state index contributed by atoms with van der Waals surface area (Å²) in [5.74, 6) is -0.0499. The Labute approximate surface area is 109 Å². The second kappa shape index (κ2) is 7.18. The molecule has 0 bridgehead atoms. The Morgan fingerprint density at radius 3 is 2.18 bits per heavy atom. The van der Waals surface area contributed by atoms with Crippen molar-refractivity contribution in [2.24, 2.45) is 0 Å². The molecule has 0 aliphatic heterocycles. The van der Waals surface area contributed by atoms with Gasteiger partial charge >= 0.3 is 0 Å². The first-order valence-corrected chi connectivity index (χ1v) is 6.94. The van der Waals surface area contributed by atoms with Crippen LogP contribution in [-0.2, 0) is 4.74 Å². The molecule has 0 aromatic rings. The molecular weight excluding hydrogens is 209 g/mol. The molecule has 0 saturated carbocycles. The van der Waals surface area contributed by atoms with E-state index in [1.807, 2.05) is 20.8 Å². The third kappa shape index (κ3) is 8.40. The highest BCUT2D eigenvalue weighted by Gasteiger charge is 2.21. The average molecular weight is 236 g/mol. The largest absolute Gasteiger partial charge is 0.468 e. The third-order valence-corrected chi connectivity index (χ3v) is 3.68. The van der Waals surface area contributed by atoms with Gasteiger partial charge in [0.15, 0.2) is 0 Å². The molecular formula is C12H27B3O2. The van der Waals surface area contributed by atoms with Gasteiger partial charge < -0.3 is 4.74 Å². The highest BCUT2D eigenvalue weighted by molar-refractivity contribution is 7.16. The van der Waals surface area contributed by atoms with E-state index in [1.54, 1.807) is 0 Å². The first-order chi connectivity index (χ1) is 7.72. The Morgan fingerprint density at radius 1 is 1.12 bits per heavy atom. The standard InChI is InChI=1S/C12H27B3O2/c1-7-11(3,4)13-9-14-15-10(16)17-12(5,6)8-2/h13-15H,7-9H2,1-6H3. The summed E-state index contributed by atoms with van der Waals surface area (Å²) < 4.78 is 5.41. The number of hydrogen-bond acceptors (Lipinski definition) is 2. The normalized spacial score (nSPS) is 11.9. The van der Waals surface area contributed by atoms with Crippen molar-refractivity contribution in [2.75, 3.05) is 0 Å². The Bertz CT molecular complexity index is 240. The van der Waals surface area contributed by atoms with Gasteiger partial charge in [-0.05, 0) is 20.3 Å². The molecule has 0 heterocycles. The van der Waals surface area contributed by atoms with E-state index in [2.05, 4.69) is 20.8 Å². The average Bonchev–Trinajstić information content (AvgIpc) is 2.24. The quantitative estimate of drug-likeness (QED) is 0.478. The van der Waals surface area contributed by atoms with Crippen molar-refractivity contribution in [2.45, 2.75) is 71.5 Å². The van der Waals surface area contributed by atoms with Crippen LogP contribution < -0.4 is 0 Å². The molecule has 96 valence electrons. The number of carbonyl (C=O) groups excluding carboxylic acids is 1. The number of carbonyl (C=O) groups is 1. The second-order valence-corrected chi connectivity index (χ2v) is 6.31. The first kappa shape index (κ1) is 16.7. The zero-order valence-electron chi connectivity index (χ0n) is 12.6. The van der Waals surface area contributed by atoms with Crippen molar-refractivity contribution in [3.8, 4) is 0 Å². The van der Waals surface area contributed by atoms with Gasteiger partial charge in [-0.25, -0.2) is 0 Å². The summed E-state index contributed by atoms with van der Waals surface area (Å²) >= 11 is 0. The van der Waals surface area contributed by atoms with Crippen LogP contribution in [0.15, 0.2) is 0 Å². The van der Waals surface area contributed by atoms with Crippen molar-refractivity contribution >= 4 is 27.5 Å². The van der Waals surface area contributed by atoms with E-state index in [-0.39, 0.29) is 11.5 Å². The van der Waals surface area contributed by atoms with Gasteiger partial charge in [0.2, 0.25) is 13.0 Å². The third-order valence-electron chi connectivity index (χ3n) is 3.68. The van der Waals surface area contributed by atoms with E-state index in [0.29, 0.717) is 12.5 Å². The van der Waals surface area contributed by atoms with Gasteiger partial charge in [-0.3, -0.25) is 4.79 Å². The number of rotatable bonds is 8. The van der Waals surface area contributed by atoms with Crippen LogP contribution in [0.4, 0.5) is 4.79 Å². The van der Waals surface area contributed by atoms with Gasteiger partial charge in [0, 0.05) is 0 Å². The Hall–Kier alpha value is -0.335. The molecule has 0 aliphatic carbocycles. The van der Waals surface area contributed by atoms with Crippen LogP contribution in [-0.4, -0.2) is 33.1 Å². The van der Waals surface area contributed by atoms with Gasteiger partial charge in [-0.2, -0.15) is 0 Å². The molecule has 0 atom stereocenters.